The molecule has 0 bridgehead atoms. The molecule has 2 saturated carbocycles. The first-order valence-electron chi connectivity index (χ1n) is 9.22. The van der Waals surface area contributed by atoms with E-state index in [2.05, 4.69) is 16.0 Å². The second-order valence-corrected chi connectivity index (χ2v) is 7.10. The number of anilines is 1. The number of amides is 2. The van der Waals surface area contributed by atoms with Gasteiger partial charge in [0, 0.05) is 23.3 Å². The molecule has 2 aromatic carbocycles. The van der Waals surface area contributed by atoms with E-state index in [-0.39, 0.29) is 11.8 Å². The first-order valence-corrected chi connectivity index (χ1v) is 9.22. The van der Waals surface area contributed by atoms with Gasteiger partial charge in [0.15, 0.2) is 0 Å². The summed E-state index contributed by atoms with van der Waals surface area (Å²) < 4.78 is 0. The summed E-state index contributed by atoms with van der Waals surface area (Å²) in [5.41, 5.74) is 2.37. The average molecular weight is 349 g/mol. The highest BCUT2D eigenvalue weighted by Crippen LogP contribution is 2.24. The van der Waals surface area contributed by atoms with Gasteiger partial charge < -0.3 is 16.0 Å². The molecular formula is C21H23N3O2. The Hall–Kier alpha value is -2.82. The number of benzene rings is 2. The summed E-state index contributed by atoms with van der Waals surface area (Å²) in [5.74, 6) is -0.0561. The van der Waals surface area contributed by atoms with E-state index in [0.717, 1.165) is 36.9 Å². The summed E-state index contributed by atoms with van der Waals surface area (Å²) >= 11 is 0. The zero-order valence-electron chi connectivity index (χ0n) is 14.6. The van der Waals surface area contributed by atoms with Crippen molar-refractivity contribution in [2.75, 3.05) is 5.32 Å². The van der Waals surface area contributed by atoms with Gasteiger partial charge in [-0.05, 0) is 55.5 Å². The van der Waals surface area contributed by atoms with Crippen molar-refractivity contribution in [1.82, 2.24) is 10.6 Å². The Morgan fingerprint density at radius 1 is 0.808 bits per heavy atom. The Bertz CT molecular complexity index is 781. The van der Waals surface area contributed by atoms with Gasteiger partial charge in [0.2, 0.25) is 5.91 Å². The highest BCUT2D eigenvalue weighted by Gasteiger charge is 2.28. The zero-order valence-corrected chi connectivity index (χ0v) is 14.6. The third kappa shape index (κ3) is 4.23. The van der Waals surface area contributed by atoms with Crippen molar-refractivity contribution in [2.24, 2.45) is 0 Å². The van der Waals surface area contributed by atoms with E-state index in [9.17, 15) is 9.59 Å². The lowest BCUT2D eigenvalue weighted by Gasteiger charge is -2.20. The summed E-state index contributed by atoms with van der Waals surface area (Å²) in [6.45, 7) is 0. The van der Waals surface area contributed by atoms with Crippen LogP contribution in [0.25, 0.3) is 0 Å². The predicted octanol–water partition coefficient (Wildman–Crippen LogP) is 3.01. The largest absolute Gasteiger partial charge is 0.370 e. The Morgan fingerprint density at radius 2 is 1.42 bits per heavy atom. The summed E-state index contributed by atoms with van der Waals surface area (Å²) in [6.07, 6.45) is 4.25. The minimum atomic E-state index is -0.456. The van der Waals surface area contributed by atoms with Gasteiger partial charge in [0.05, 0.1) is 0 Å². The minimum Gasteiger partial charge on any atom is -0.370 e. The van der Waals surface area contributed by atoms with Crippen LogP contribution in [-0.2, 0) is 4.79 Å². The van der Waals surface area contributed by atoms with Crippen LogP contribution in [0.5, 0.6) is 0 Å². The Labute approximate surface area is 153 Å². The number of rotatable bonds is 7. The van der Waals surface area contributed by atoms with Crippen LogP contribution in [0.2, 0.25) is 0 Å². The molecule has 0 spiro atoms. The molecule has 1 atom stereocenters. The maximum atomic E-state index is 12.7. The number of nitrogens with one attached hydrogen (secondary N) is 3. The third-order valence-electron chi connectivity index (χ3n) is 4.69. The van der Waals surface area contributed by atoms with Crippen LogP contribution in [-0.4, -0.2) is 23.9 Å². The second-order valence-electron chi connectivity index (χ2n) is 7.10. The monoisotopic (exact) mass is 349 g/mol. The zero-order chi connectivity index (χ0) is 17.9. The minimum absolute atomic E-state index is 0.0192. The molecule has 2 fully saturated rings. The fraction of sp³-hybridized carbons (Fsp3) is 0.333. The number of carbonyl (C=O) groups excluding carboxylic acids is 2. The third-order valence-corrected chi connectivity index (χ3v) is 4.69. The standard InChI is InChI=1S/C21H23N3O2/c25-20(23-17-10-11-17)15-6-8-16(9-7-15)22-19(14-4-2-1-3-5-14)21(26)24-18-12-13-18/h1-9,17-19,22H,10-13H2,(H,23,25)(H,24,26). The van der Waals surface area contributed by atoms with E-state index in [1.54, 1.807) is 12.1 Å². The fourth-order valence-corrected chi connectivity index (χ4v) is 2.84. The summed E-state index contributed by atoms with van der Waals surface area (Å²) in [4.78, 5) is 24.8. The van der Waals surface area contributed by atoms with Crippen molar-refractivity contribution < 1.29 is 9.59 Å². The van der Waals surface area contributed by atoms with Crippen LogP contribution in [0.3, 0.4) is 0 Å². The first-order chi connectivity index (χ1) is 12.7. The lowest BCUT2D eigenvalue weighted by molar-refractivity contribution is -0.122. The molecule has 2 aliphatic carbocycles. The van der Waals surface area contributed by atoms with Crippen LogP contribution in [0, 0.1) is 0 Å². The molecule has 0 radical (unpaired) electrons. The van der Waals surface area contributed by atoms with Gasteiger partial charge in [-0.1, -0.05) is 30.3 Å². The number of hydrogen-bond acceptors (Lipinski definition) is 3. The van der Waals surface area contributed by atoms with Gasteiger partial charge in [-0.2, -0.15) is 0 Å². The molecule has 2 aromatic rings. The Morgan fingerprint density at radius 3 is 2.04 bits per heavy atom. The smallest absolute Gasteiger partial charge is 0.251 e. The van der Waals surface area contributed by atoms with Crippen molar-refractivity contribution in [3.63, 3.8) is 0 Å². The molecule has 4 rings (SSSR count). The van der Waals surface area contributed by atoms with E-state index in [1.165, 1.54) is 0 Å². The van der Waals surface area contributed by atoms with Crippen molar-refractivity contribution in [3.05, 3.63) is 65.7 Å². The summed E-state index contributed by atoms with van der Waals surface area (Å²) in [6, 6.07) is 17.2. The van der Waals surface area contributed by atoms with Crippen molar-refractivity contribution >= 4 is 17.5 Å². The molecule has 2 aliphatic rings. The molecule has 0 saturated heterocycles. The van der Waals surface area contributed by atoms with E-state index < -0.39 is 6.04 Å². The highest BCUT2D eigenvalue weighted by molar-refractivity contribution is 5.95. The SMILES string of the molecule is O=C(NC1CC1)c1ccc(NC(C(=O)NC2CC2)c2ccccc2)cc1. The van der Waals surface area contributed by atoms with Gasteiger partial charge in [-0.3, -0.25) is 9.59 Å². The van der Waals surface area contributed by atoms with Crippen LogP contribution in [0.4, 0.5) is 5.69 Å². The van der Waals surface area contributed by atoms with Crippen LogP contribution >= 0.6 is 0 Å². The average Bonchev–Trinajstić information content (AvgIpc) is 3.58. The molecule has 0 aliphatic heterocycles. The molecular weight excluding hydrogens is 326 g/mol. The van der Waals surface area contributed by atoms with Gasteiger partial charge in [0.1, 0.15) is 6.04 Å². The van der Waals surface area contributed by atoms with E-state index in [4.69, 9.17) is 0 Å². The van der Waals surface area contributed by atoms with Gasteiger partial charge in [-0.15, -0.1) is 0 Å². The number of hydrogen-bond donors (Lipinski definition) is 3. The van der Waals surface area contributed by atoms with Crippen molar-refractivity contribution in [2.45, 2.75) is 43.8 Å². The molecule has 5 heteroatoms. The maximum Gasteiger partial charge on any atom is 0.251 e. The molecule has 5 nitrogen and oxygen atoms in total. The Balaban J connectivity index is 1.47. The number of carbonyl (C=O) groups is 2. The van der Waals surface area contributed by atoms with E-state index in [0.29, 0.717) is 17.6 Å². The van der Waals surface area contributed by atoms with Crippen molar-refractivity contribution in [1.29, 1.82) is 0 Å². The molecule has 26 heavy (non-hydrogen) atoms. The van der Waals surface area contributed by atoms with Crippen LogP contribution < -0.4 is 16.0 Å². The molecule has 2 amide bonds. The molecule has 134 valence electrons. The maximum absolute atomic E-state index is 12.7. The van der Waals surface area contributed by atoms with Gasteiger partial charge in [0.25, 0.3) is 5.91 Å². The quantitative estimate of drug-likeness (QED) is 0.720. The molecule has 0 heterocycles. The molecule has 1 unspecified atom stereocenters. The normalized spacial score (nSPS) is 17.2. The van der Waals surface area contributed by atoms with Gasteiger partial charge in [-0.25, -0.2) is 0 Å². The second kappa shape index (κ2) is 7.20. The first kappa shape index (κ1) is 16.6. The predicted molar refractivity (Wildman–Crippen MR) is 101 cm³/mol. The van der Waals surface area contributed by atoms with Gasteiger partial charge >= 0.3 is 0 Å². The highest BCUT2D eigenvalue weighted by atomic mass is 16.2. The fourth-order valence-electron chi connectivity index (χ4n) is 2.84. The Kier molecular flexibility index (Phi) is 4.61. The topological polar surface area (TPSA) is 70.2 Å². The van der Waals surface area contributed by atoms with E-state index in [1.807, 2.05) is 42.5 Å². The lowest BCUT2D eigenvalue weighted by atomic mass is 10.1. The lowest BCUT2D eigenvalue weighted by Crippen LogP contribution is -2.34. The van der Waals surface area contributed by atoms with Crippen LogP contribution in [0.15, 0.2) is 54.6 Å². The summed E-state index contributed by atoms with van der Waals surface area (Å²) in [5, 5.41) is 9.35. The summed E-state index contributed by atoms with van der Waals surface area (Å²) in [7, 11) is 0. The van der Waals surface area contributed by atoms with Crippen LogP contribution in [0.1, 0.15) is 47.6 Å². The van der Waals surface area contributed by atoms with Crippen molar-refractivity contribution in [3.8, 4) is 0 Å². The van der Waals surface area contributed by atoms with E-state index >= 15 is 0 Å². The molecule has 3 N–H and O–H groups in total. The molecule has 0 aromatic heterocycles.